The summed E-state index contributed by atoms with van der Waals surface area (Å²) in [6, 6.07) is 0. The number of methoxy groups -OCH3 is 1. The first-order valence-corrected chi connectivity index (χ1v) is 7.10. The van der Waals surface area contributed by atoms with Crippen LogP contribution in [0.3, 0.4) is 0 Å². The van der Waals surface area contributed by atoms with E-state index in [1.54, 1.807) is 14.0 Å². The van der Waals surface area contributed by atoms with Crippen LogP contribution in [-0.4, -0.2) is 30.8 Å². The van der Waals surface area contributed by atoms with Crippen LogP contribution in [0.25, 0.3) is 0 Å². The van der Waals surface area contributed by atoms with Gasteiger partial charge in [0.25, 0.3) is 5.91 Å². The van der Waals surface area contributed by atoms with Crippen LogP contribution in [0.2, 0.25) is 0 Å². The van der Waals surface area contributed by atoms with Crippen molar-refractivity contribution in [3.8, 4) is 5.75 Å². The molecule has 0 aliphatic heterocycles. The van der Waals surface area contributed by atoms with Gasteiger partial charge in [-0.15, -0.1) is 11.3 Å². The van der Waals surface area contributed by atoms with E-state index in [1.165, 1.54) is 28.2 Å². The summed E-state index contributed by atoms with van der Waals surface area (Å²) >= 11 is 1.53. The molecular formula is C13H19NO3S. The Morgan fingerprint density at radius 2 is 2.22 bits per heavy atom. The molecule has 1 atom stereocenters. The van der Waals surface area contributed by atoms with Crippen molar-refractivity contribution in [2.45, 2.75) is 38.7 Å². The van der Waals surface area contributed by atoms with Crippen LogP contribution < -0.4 is 10.1 Å². The number of fused-ring (bicyclic) bond motifs is 1. The molecule has 0 bridgehead atoms. The molecule has 18 heavy (non-hydrogen) atoms. The first kappa shape index (κ1) is 13.4. The topological polar surface area (TPSA) is 58.6 Å². The Morgan fingerprint density at radius 3 is 2.89 bits per heavy atom. The molecule has 1 aromatic heterocycles. The maximum atomic E-state index is 12.1. The van der Waals surface area contributed by atoms with E-state index in [4.69, 9.17) is 4.74 Å². The van der Waals surface area contributed by atoms with Gasteiger partial charge in [0.05, 0.1) is 13.2 Å². The summed E-state index contributed by atoms with van der Waals surface area (Å²) in [5.41, 5.74) is 1.20. The van der Waals surface area contributed by atoms with Crippen molar-refractivity contribution in [3.05, 3.63) is 15.3 Å². The fourth-order valence-corrected chi connectivity index (χ4v) is 3.50. The Labute approximate surface area is 111 Å². The minimum Gasteiger partial charge on any atom is -0.495 e. The van der Waals surface area contributed by atoms with Crippen molar-refractivity contribution in [3.63, 3.8) is 0 Å². The third kappa shape index (κ3) is 2.67. The molecule has 5 heteroatoms. The predicted molar refractivity (Wildman–Crippen MR) is 71.5 cm³/mol. The maximum Gasteiger partial charge on any atom is 0.265 e. The number of aryl methyl sites for hydroxylation is 1. The summed E-state index contributed by atoms with van der Waals surface area (Å²) in [7, 11) is 1.61. The van der Waals surface area contributed by atoms with Gasteiger partial charge in [0, 0.05) is 17.0 Å². The zero-order valence-corrected chi connectivity index (χ0v) is 11.6. The smallest absolute Gasteiger partial charge is 0.265 e. The molecule has 1 amide bonds. The first-order chi connectivity index (χ1) is 8.63. The monoisotopic (exact) mass is 269 g/mol. The van der Waals surface area contributed by atoms with Gasteiger partial charge in [-0.05, 0) is 32.6 Å². The van der Waals surface area contributed by atoms with Crippen LogP contribution in [0.1, 0.15) is 39.9 Å². The maximum absolute atomic E-state index is 12.1. The quantitative estimate of drug-likeness (QED) is 0.875. The fraction of sp³-hybridized carbons (Fsp3) is 0.615. The lowest BCUT2D eigenvalue weighted by Crippen LogP contribution is -2.30. The van der Waals surface area contributed by atoms with Crippen molar-refractivity contribution < 1.29 is 14.6 Å². The highest BCUT2D eigenvalue weighted by atomic mass is 32.1. The Morgan fingerprint density at radius 1 is 1.50 bits per heavy atom. The van der Waals surface area contributed by atoms with Crippen molar-refractivity contribution in [1.82, 2.24) is 5.32 Å². The average Bonchev–Trinajstić information content (AvgIpc) is 2.74. The molecule has 1 aliphatic carbocycles. The number of hydrogen-bond acceptors (Lipinski definition) is 4. The molecular weight excluding hydrogens is 250 g/mol. The summed E-state index contributed by atoms with van der Waals surface area (Å²) in [5.74, 6) is 0.588. The zero-order chi connectivity index (χ0) is 13.1. The summed E-state index contributed by atoms with van der Waals surface area (Å²) in [6.07, 6.45) is 3.86. The number of nitrogens with one attached hydrogen (secondary N) is 1. The van der Waals surface area contributed by atoms with E-state index in [1.807, 2.05) is 0 Å². The van der Waals surface area contributed by atoms with E-state index in [9.17, 15) is 9.90 Å². The van der Waals surface area contributed by atoms with Gasteiger partial charge in [0.2, 0.25) is 0 Å². The molecule has 0 spiro atoms. The Kier molecular flexibility index (Phi) is 4.24. The lowest BCUT2D eigenvalue weighted by Gasteiger charge is -2.12. The van der Waals surface area contributed by atoms with E-state index in [0.29, 0.717) is 4.88 Å². The molecule has 1 aliphatic rings. The van der Waals surface area contributed by atoms with E-state index in [0.717, 1.165) is 25.0 Å². The number of hydrogen-bond donors (Lipinski definition) is 2. The van der Waals surface area contributed by atoms with Crippen molar-refractivity contribution in [2.24, 2.45) is 0 Å². The van der Waals surface area contributed by atoms with Crippen LogP contribution in [-0.2, 0) is 12.8 Å². The molecule has 100 valence electrons. The number of amides is 1. The summed E-state index contributed by atoms with van der Waals surface area (Å²) in [6.45, 7) is 1.92. The number of rotatable bonds is 4. The van der Waals surface area contributed by atoms with Gasteiger partial charge in [-0.3, -0.25) is 4.79 Å². The van der Waals surface area contributed by atoms with E-state index in [-0.39, 0.29) is 12.5 Å². The number of carbonyl (C=O) groups excluding carboxylic acids is 1. The second-order valence-electron chi connectivity index (χ2n) is 4.63. The average molecular weight is 269 g/mol. The molecule has 1 aromatic rings. The highest BCUT2D eigenvalue weighted by molar-refractivity contribution is 7.14. The molecule has 2 N–H and O–H groups in total. The third-order valence-corrected chi connectivity index (χ3v) is 4.36. The lowest BCUT2D eigenvalue weighted by atomic mass is 9.98. The summed E-state index contributed by atoms with van der Waals surface area (Å²) in [5, 5.41) is 11.9. The minimum absolute atomic E-state index is 0.146. The van der Waals surface area contributed by atoms with E-state index < -0.39 is 6.10 Å². The van der Waals surface area contributed by atoms with Gasteiger partial charge < -0.3 is 15.2 Å². The lowest BCUT2D eigenvalue weighted by molar-refractivity contribution is 0.0925. The molecule has 1 heterocycles. The summed E-state index contributed by atoms with van der Waals surface area (Å²) < 4.78 is 5.40. The first-order valence-electron chi connectivity index (χ1n) is 6.28. The third-order valence-electron chi connectivity index (χ3n) is 3.09. The van der Waals surface area contributed by atoms with Gasteiger partial charge in [-0.2, -0.15) is 0 Å². The number of thiophene rings is 1. The second kappa shape index (κ2) is 5.71. The highest BCUT2D eigenvalue weighted by Gasteiger charge is 2.25. The van der Waals surface area contributed by atoms with Crippen LogP contribution in [0.5, 0.6) is 5.75 Å². The standard InChI is InChI=1S/C13H19NO3S/c1-8(15)7-14-13(16)12-11(17-2)9-5-3-4-6-10(9)18-12/h8,15H,3-7H2,1-2H3,(H,14,16). The van der Waals surface area contributed by atoms with E-state index >= 15 is 0 Å². The normalized spacial score (nSPS) is 15.9. The predicted octanol–water partition coefficient (Wildman–Crippen LogP) is 1.75. The minimum atomic E-state index is -0.533. The van der Waals surface area contributed by atoms with Gasteiger partial charge in [0.1, 0.15) is 10.6 Å². The molecule has 4 nitrogen and oxygen atoms in total. The van der Waals surface area contributed by atoms with Gasteiger partial charge in [-0.1, -0.05) is 0 Å². The molecule has 0 saturated carbocycles. The van der Waals surface area contributed by atoms with Gasteiger partial charge >= 0.3 is 0 Å². The molecule has 0 fully saturated rings. The molecule has 1 unspecified atom stereocenters. The van der Waals surface area contributed by atoms with E-state index in [2.05, 4.69) is 5.32 Å². The number of aliphatic hydroxyl groups is 1. The van der Waals surface area contributed by atoms with Crippen LogP contribution >= 0.6 is 11.3 Å². The largest absolute Gasteiger partial charge is 0.495 e. The van der Waals surface area contributed by atoms with Crippen LogP contribution in [0.4, 0.5) is 0 Å². The molecule has 0 saturated heterocycles. The fourth-order valence-electron chi connectivity index (χ4n) is 2.22. The molecule has 0 aromatic carbocycles. The SMILES string of the molecule is COc1c(C(=O)NCC(C)O)sc2c1CCCC2. The molecule has 2 rings (SSSR count). The van der Waals surface area contributed by atoms with Crippen LogP contribution in [0.15, 0.2) is 0 Å². The number of carbonyl (C=O) groups is 1. The van der Waals surface area contributed by atoms with Crippen molar-refractivity contribution >= 4 is 17.2 Å². The Hall–Kier alpha value is -1.07. The summed E-state index contributed by atoms with van der Waals surface area (Å²) in [4.78, 5) is 14.0. The highest BCUT2D eigenvalue weighted by Crippen LogP contribution is 2.39. The number of aliphatic hydroxyl groups excluding tert-OH is 1. The van der Waals surface area contributed by atoms with Crippen molar-refractivity contribution in [1.29, 1.82) is 0 Å². The van der Waals surface area contributed by atoms with Gasteiger partial charge in [-0.25, -0.2) is 0 Å². The molecule has 0 radical (unpaired) electrons. The number of ether oxygens (including phenoxy) is 1. The Balaban J connectivity index is 2.21. The van der Waals surface area contributed by atoms with Crippen molar-refractivity contribution in [2.75, 3.05) is 13.7 Å². The van der Waals surface area contributed by atoms with Gasteiger partial charge in [0.15, 0.2) is 0 Å². The van der Waals surface area contributed by atoms with Crippen LogP contribution in [0, 0.1) is 0 Å². The second-order valence-corrected chi connectivity index (χ2v) is 5.74. The Bertz CT molecular complexity index is 440. The zero-order valence-electron chi connectivity index (χ0n) is 10.8.